The number of para-hydroxylation sites is 1. The topological polar surface area (TPSA) is 77.0 Å². The summed E-state index contributed by atoms with van der Waals surface area (Å²) >= 11 is 0. The Labute approximate surface area is 223 Å². The predicted octanol–water partition coefficient (Wildman–Crippen LogP) is 7.56. The van der Waals surface area contributed by atoms with Crippen LogP contribution in [0.15, 0.2) is 58.4 Å². The van der Waals surface area contributed by atoms with Crippen LogP contribution in [0.2, 0.25) is 0 Å². The first kappa shape index (κ1) is 31.9. The summed E-state index contributed by atoms with van der Waals surface area (Å²) in [5.74, 6) is -0.541. The summed E-state index contributed by atoms with van der Waals surface area (Å²) in [5, 5.41) is 4.08. The molecule has 0 heterocycles. The van der Waals surface area contributed by atoms with Gasteiger partial charge in [-0.3, -0.25) is 4.79 Å². The number of ether oxygens (including phenoxy) is 2. The maximum Gasteiger partial charge on any atom is 0.342 e. The zero-order valence-electron chi connectivity index (χ0n) is 23.9. The van der Waals surface area contributed by atoms with Gasteiger partial charge in [-0.1, -0.05) is 64.3 Å². The predicted molar refractivity (Wildman–Crippen MR) is 152 cm³/mol. The highest BCUT2D eigenvalue weighted by Gasteiger charge is 2.19. The van der Waals surface area contributed by atoms with Gasteiger partial charge in [-0.05, 0) is 76.7 Å². The van der Waals surface area contributed by atoms with E-state index in [1.807, 2.05) is 26.8 Å². The molecule has 0 aliphatic heterocycles. The molecule has 1 atom stereocenters. The molecule has 1 rings (SSSR count). The summed E-state index contributed by atoms with van der Waals surface area (Å²) in [5.41, 5.74) is 8.22. The van der Waals surface area contributed by atoms with Crippen molar-refractivity contribution in [3.05, 3.63) is 58.9 Å². The van der Waals surface area contributed by atoms with Gasteiger partial charge in [-0.2, -0.15) is 5.10 Å². The van der Waals surface area contributed by atoms with Gasteiger partial charge >= 0.3 is 5.97 Å². The number of unbranched alkanes of at least 4 members (excludes halogenated alkanes) is 2. The van der Waals surface area contributed by atoms with Gasteiger partial charge in [0.05, 0.1) is 0 Å². The highest BCUT2D eigenvalue weighted by atomic mass is 16.5. The van der Waals surface area contributed by atoms with Gasteiger partial charge in [-0.25, -0.2) is 10.2 Å². The molecule has 0 aromatic heterocycles. The van der Waals surface area contributed by atoms with Crippen LogP contribution in [0, 0.1) is 5.41 Å². The molecule has 0 aliphatic rings. The van der Waals surface area contributed by atoms with Gasteiger partial charge in [0.15, 0.2) is 6.61 Å². The molecule has 0 spiro atoms. The van der Waals surface area contributed by atoms with E-state index in [1.165, 1.54) is 11.1 Å². The fourth-order valence-corrected chi connectivity index (χ4v) is 3.39. The first-order chi connectivity index (χ1) is 17.6. The molecule has 0 radical (unpaired) electrons. The van der Waals surface area contributed by atoms with Crippen LogP contribution in [-0.4, -0.2) is 30.8 Å². The fraction of sp³-hybridized carbons (Fsp3) is 0.548. The molecule has 6 heteroatoms. The van der Waals surface area contributed by atoms with Gasteiger partial charge in [0.2, 0.25) is 0 Å². The van der Waals surface area contributed by atoms with Crippen LogP contribution >= 0.6 is 0 Å². The third kappa shape index (κ3) is 14.3. The molecule has 1 N–H and O–H groups in total. The zero-order chi connectivity index (χ0) is 27.7. The summed E-state index contributed by atoms with van der Waals surface area (Å²) in [6.07, 6.45) is 12.5. The molecule has 1 unspecified atom stereocenters. The Kier molecular flexibility index (Phi) is 15.0. The smallest absolute Gasteiger partial charge is 0.342 e. The maximum atomic E-state index is 12.8. The number of rotatable bonds is 16. The fourth-order valence-electron chi connectivity index (χ4n) is 3.39. The van der Waals surface area contributed by atoms with E-state index >= 15 is 0 Å². The van der Waals surface area contributed by atoms with Crippen LogP contribution in [0.25, 0.3) is 0 Å². The molecule has 204 valence electrons. The number of hydrogen-bond acceptors (Lipinski definition) is 5. The third-order valence-corrected chi connectivity index (χ3v) is 5.67. The SMILES string of the molecule is CCCCCC(CC)OC(=O)c1ccccc1OCC(=O)NN=CC(C)(C)C=C=C(C)CCC=C(C)C. The van der Waals surface area contributed by atoms with Crippen molar-refractivity contribution < 1.29 is 19.1 Å². The largest absolute Gasteiger partial charge is 0.483 e. The Hall–Kier alpha value is -3.11. The van der Waals surface area contributed by atoms with Crippen LogP contribution in [0.3, 0.4) is 0 Å². The summed E-state index contributed by atoms with van der Waals surface area (Å²) in [6.45, 7) is 14.1. The van der Waals surface area contributed by atoms with Gasteiger partial charge in [0.25, 0.3) is 5.91 Å². The number of carbonyl (C=O) groups is 2. The maximum absolute atomic E-state index is 12.8. The number of carbonyl (C=O) groups excluding carboxylic acids is 2. The average Bonchev–Trinajstić information content (AvgIpc) is 2.85. The van der Waals surface area contributed by atoms with E-state index in [2.05, 4.69) is 50.0 Å². The minimum Gasteiger partial charge on any atom is -0.483 e. The summed E-state index contributed by atoms with van der Waals surface area (Å²) < 4.78 is 11.3. The standard InChI is InChI=1S/C31H46N2O4/c1-8-10-11-17-26(9-2)37-30(35)27-18-12-13-19-28(27)36-22-29(34)33-32-23-31(6,7)21-20-25(5)16-14-15-24(3)4/h12-13,15,18-19,21,23,26H,8-11,14,16-17,22H2,1-7H3,(H,33,34). The number of hydrazone groups is 1. The second kappa shape index (κ2) is 17.4. The Bertz CT molecular complexity index is 981. The van der Waals surface area contributed by atoms with Crippen molar-refractivity contribution in [2.45, 2.75) is 99.5 Å². The van der Waals surface area contributed by atoms with E-state index in [4.69, 9.17) is 9.47 Å². The van der Waals surface area contributed by atoms with E-state index in [0.29, 0.717) is 11.3 Å². The second-order valence-corrected chi connectivity index (χ2v) is 10.2. The lowest BCUT2D eigenvalue weighted by atomic mass is 9.95. The van der Waals surface area contributed by atoms with Crippen molar-refractivity contribution >= 4 is 18.1 Å². The molecule has 0 bridgehead atoms. The normalized spacial score (nSPS) is 11.9. The molecular weight excluding hydrogens is 464 g/mol. The zero-order valence-corrected chi connectivity index (χ0v) is 23.9. The van der Waals surface area contributed by atoms with Gasteiger partial charge < -0.3 is 9.47 Å². The van der Waals surface area contributed by atoms with Gasteiger partial charge in [0.1, 0.15) is 17.4 Å². The molecule has 0 saturated heterocycles. The summed E-state index contributed by atoms with van der Waals surface area (Å²) in [6, 6.07) is 6.81. The van der Waals surface area contributed by atoms with Crippen LogP contribution in [-0.2, 0) is 9.53 Å². The number of hydrogen-bond donors (Lipinski definition) is 1. The van der Waals surface area contributed by atoms with Crippen LogP contribution in [0.4, 0.5) is 0 Å². The van der Waals surface area contributed by atoms with Crippen LogP contribution in [0.5, 0.6) is 5.75 Å². The number of nitrogens with zero attached hydrogens (tertiary/aromatic N) is 1. The quantitative estimate of drug-likeness (QED) is 0.0622. The summed E-state index contributed by atoms with van der Waals surface area (Å²) in [4.78, 5) is 25.0. The molecule has 1 amide bonds. The van der Waals surface area contributed by atoms with Crippen LogP contribution < -0.4 is 10.2 Å². The van der Waals surface area contributed by atoms with Crippen molar-refractivity contribution in [3.63, 3.8) is 0 Å². The number of esters is 1. The van der Waals surface area contributed by atoms with Crippen molar-refractivity contribution in [3.8, 4) is 5.75 Å². The number of allylic oxidation sites excluding steroid dienone is 3. The molecule has 0 aliphatic carbocycles. The minimum atomic E-state index is -0.435. The molecule has 0 saturated carbocycles. The first-order valence-electron chi connectivity index (χ1n) is 13.4. The second-order valence-electron chi connectivity index (χ2n) is 10.2. The third-order valence-electron chi connectivity index (χ3n) is 5.67. The molecular formula is C31H46N2O4. The van der Waals surface area contributed by atoms with E-state index in [9.17, 15) is 9.59 Å². The molecule has 37 heavy (non-hydrogen) atoms. The molecule has 1 aromatic rings. The molecule has 6 nitrogen and oxygen atoms in total. The Morgan fingerprint density at radius 1 is 1.14 bits per heavy atom. The Balaban J connectivity index is 2.65. The monoisotopic (exact) mass is 510 g/mol. The highest BCUT2D eigenvalue weighted by Crippen LogP contribution is 2.21. The average molecular weight is 511 g/mol. The van der Waals surface area contributed by atoms with E-state index in [0.717, 1.165) is 44.9 Å². The van der Waals surface area contributed by atoms with E-state index < -0.39 is 11.9 Å². The lowest BCUT2D eigenvalue weighted by Gasteiger charge is -2.17. The summed E-state index contributed by atoms with van der Waals surface area (Å²) in [7, 11) is 0. The lowest BCUT2D eigenvalue weighted by molar-refractivity contribution is -0.123. The Morgan fingerprint density at radius 3 is 2.54 bits per heavy atom. The van der Waals surface area contributed by atoms with E-state index in [1.54, 1.807) is 30.5 Å². The van der Waals surface area contributed by atoms with Gasteiger partial charge in [-0.15, -0.1) is 5.73 Å². The lowest BCUT2D eigenvalue weighted by Crippen LogP contribution is -2.26. The number of nitrogens with one attached hydrogen (secondary N) is 1. The molecule has 0 fully saturated rings. The molecule has 1 aromatic carbocycles. The minimum absolute atomic E-state index is 0.127. The van der Waals surface area contributed by atoms with E-state index in [-0.39, 0.29) is 18.1 Å². The van der Waals surface area contributed by atoms with Crippen molar-refractivity contribution in [2.24, 2.45) is 10.5 Å². The van der Waals surface area contributed by atoms with Crippen LogP contribution in [0.1, 0.15) is 104 Å². The number of amides is 1. The first-order valence-corrected chi connectivity index (χ1v) is 13.4. The van der Waals surface area contributed by atoms with Crippen molar-refractivity contribution in [1.82, 2.24) is 5.43 Å². The Morgan fingerprint density at radius 2 is 1.86 bits per heavy atom. The van der Waals surface area contributed by atoms with Crippen molar-refractivity contribution in [2.75, 3.05) is 6.61 Å². The van der Waals surface area contributed by atoms with Crippen molar-refractivity contribution in [1.29, 1.82) is 0 Å². The highest BCUT2D eigenvalue weighted by molar-refractivity contribution is 5.92. The number of benzene rings is 1. The van der Waals surface area contributed by atoms with Gasteiger partial charge in [0, 0.05) is 11.6 Å².